The Bertz CT molecular complexity index is 745. The van der Waals surface area contributed by atoms with Gasteiger partial charge in [-0.2, -0.15) is 0 Å². The van der Waals surface area contributed by atoms with E-state index in [1.54, 1.807) is 0 Å². The maximum Gasteiger partial charge on any atom is 0.210 e. The number of rotatable bonds is 6. The molecule has 1 aliphatic carbocycles. The molecule has 1 saturated carbocycles. The molecule has 23 heavy (non-hydrogen) atoms. The predicted octanol–water partition coefficient (Wildman–Crippen LogP) is 2.66. The van der Waals surface area contributed by atoms with Gasteiger partial charge in [0.15, 0.2) is 0 Å². The van der Waals surface area contributed by atoms with Crippen molar-refractivity contribution in [1.29, 1.82) is 0 Å². The minimum absolute atomic E-state index is 0.110. The second-order valence-corrected chi connectivity index (χ2v) is 7.66. The van der Waals surface area contributed by atoms with Gasteiger partial charge in [-0.25, -0.2) is 4.98 Å². The average Bonchev–Trinajstić information content (AvgIpc) is 3.27. The minimum Gasteiger partial charge on any atom is -0.340 e. The summed E-state index contributed by atoms with van der Waals surface area (Å²) in [5.41, 5.74) is 3.21. The van der Waals surface area contributed by atoms with E-state index in [0.717, 1.165) is 54.7 Å². The van der Waals surface area contributed by atoms with Crippen LogP contribution in [0.1, 0.15) is 36.7 Å². The number of carbonyl (C=O) groups excluding carboxylic acids is 2. The third-order valence-electron chi connectivity index (χ3n) is 5.24. The maximum atomic E-state index is 11.5. The monoisotopic (exact) mass is 329 g/mol. The summed E-state index contributed by atoms with van der Waals surface area (Å²) in [7, 11) is 0.373. The van der Waals surface area contributed by atoms with Crippen molar-refractivity contribution in [2.45, 2.75) is 37.8 Å². The minimum atomic E-state index is 0.110. The van der Waals surface area contributed by atoms with Crippen molar-refractivity contribution in [1.82, 2.24) is 14.9 Å². The third-order valence-corrected chi connectivity index (χ3v) is 5.95. The lowest BCUT2D eigenvalue weighted by molar-refractivity contribution is -0.122. The number of nitrogens with zero attached hydrogens (tertiary/aromatic N) is 2. The second-order valence-electron chi connectivity index (χ2n) is 6.52. The lowest BCUT2D eigenvalue weighted by Crippen LogP contribution is -2.34. The molecule has 0 spiro atoms. The summed E-state index contributed by atoms with van der Waals surface area (Å²) in [5, 5.41) is 0. The van der Waals surface area contributed by atoms with E-state index in [9.17, 15) is 9.59 Å². The third kappa shape index (κ3) is 2.57. The van der Waals surface area contributed by atoms with E-state index in [2.05, 4.69) is 17.1 Å². The van der Waals surface area contributed by atoms with Gasteiger partial charge in [0.2, 0.25) is 6.41 Å². The van der Waals surface area contributed by atoms with Crippen LogP contribution in [0.5, 0.6) is 0 Å². The summed E-state index contributed by atoms with van der Waals surface area (Å²) in [4.78, 5) is 32.0. The first-order chi connectivity index (χ1) is 11.3. The molecule has 1 aromatic heterocycles. The SMILES string of the molecule is O=CPCCc1ccc2nc([C@@H]3C4CCC(C4)N3C=O)[nH]c2c1. The molecule has 120 valence electrons. The number of fused-ring (bicyclic) bond motifs is 3. The number of aryl methyl sites for hydroxylation is 1. The summed E-state index contributed by atoms with van der Waals surface area (Å²) in [6, 6.07) is 7.75. The molecule has 0 radical (unpaired) electrons. The molecule has 2 aliphatic rings. The molecular weight excluding hydrogens is 309 g/mol. The van der Waals surface area contributed by atoms with Crippen LogP contribution in [0.15, 0.2) is 18.2 Å². The number of benzene rings is 1. The molecule has 1 aromatic carbocycles. The number of nitrogens with one attached hydrogen (secondary N) is 1. The van der Waals surface area contributed by atoms with Gasteiger partial charge in [-0.3, -0.25) is 9.59 Å². The second kappa shape index (κ2) is 6.04. The largest absolute Gasteiger partial charge is 0.340 e. The van der Waals surface area contributed by atoms with Gasteiger partial charge in [-0.05, 0) is 55.5 Å². The number of imidazole rings is 1. The Kier molecular flexibility index (Phi) is 3.90. The average molecular weight is 329 g/mol. The Morgan fingerprint density at radius 1 is 1.35 bits per heavy atom. The van der Waals surface area contributed by atoms with Crippen LogP contribution in [0.4, 0.5) is 0 Å². The summed E-state index contributed by atoms with van der Waals surface area (Å²) in [6.07, 6.45) is 6.24. The van der Waals surface area contributed by atoms with Gasteiger partial charge in [-0.1, -0.05) is 14.6 Å². The van der Waals surface area contributed by atoms with Gasteiger partial charge in [0, 0.05) is 6.04 Å². The van der Waals surface area contributed by atoms with Gasteiger partial charge in [0.25, 0.3) is 0 Å². The number of aromatic nitrogens is 2. The molecule has 4 atom stereocenters. The van der Waals surface area contributed by atoms with Crippen LogP contribution in [-0.2, 0) is 16.0 Å². The van der Waals surface area contributed by atoms with Gasteiger partial charge in [-0.15, -0.1) is 0 Å². The topological polar surface area (TPSA) is 66.1 Å². The van der Waals surface area contributed by atoms with Crippen molar-refractivity contribution in [2.75, 3.05) is 6.16 Å². The standard InChI is InChI=1S/C17H20N3O2P/c21-9-20-13-3-2-12(8-13)16(20)17-18-14-4-1-11(5-6-23-10-22)7-15(14)19-17/h1,4,7,9-10,12-13,16,23H,2-3,5-6,8H2,(H,18,19)/t12?,13?,16-/m0/s1. The molecule has 1 aliphatic heterocycles. The Hall–Kier alpha value is -1.74. The molecule has 2 aromatic rings. The summed E-state index contributed by atoms with van der Waals surface area (Å²) in [5.74, 6) is 1.46. The maximum absolute atomic E-state index is 11.5. The van der Waals surface area contributed by atoms with Gasteiger partial charge in [0.1, 0.15) is 11.9 Å². The zero-order chi connectivity index (χ0) is 15.8. The number of hydrogen-bond acceptors (Lipinski definition) is 3. The van der Waals surface area contributed by atoms with E-state index in [1.807, 2.05) is 11.0 Å². The van der Waals surface area contributed by atoms with Crippen LogP contribution in [0.2, 0.25) is 0 Å². The zero-order valence-electron chi connectivity index (χ0n) is 12.9. The Labute approximate surface area is 136 Å². The van der Waals surface area contributed by atoms with Crippen molar-refractivity contribution in [2.24, 2.45) is 5.92 Å². The molecule has 1 amide bonds. The van der Waals surface area contributed by atoms with Crippen LogP contribution < -0.4 is 0 Å². The molecule has 3 unspecified atom stereocenters. The fourth-order valence-corrected chi connectivity index (χ4v) is 4.73. The highest BCUT2D eigenvalue weighted by molar-refractivity contribution is 7.54. The van der Waals surface area contributed by atoms with E-state index in [1.165, 1.54) is 12.0 Å². The Balaban J connectivity index is 1.61. The van der Waals surface area contributed by atoms with Crippen LogP contribution >= 0.6 is 8.58 Å². The van der Waals surface area contributed by atoms with Crippen molar-refractivity contribution in [3.05, 3.63) is 29.6 Å². The Morgan fingerprint density at radius 2 is 2.26 bits per heavy atom. The fourth-order valence-electron chi connectivity index (χ4n) is 4.18. The van der Waals surface area contributed by atoms with E-state index < -0.39 is 0 Å². The summed E-state index contributed by atoms with van der Waals surface area (Å²) in [6.45, 7) is 0. The fraction of sp³-hybridized carbons (Fsp3) is 0.471. The van der Waals surface area contributed by atoms with Crippen molar-refractivity contribution in [3.8, 4) is 0 Å². The summed E-state index contributed by atoms with van der Waals surface area (Å²) < 4.78 is 0. The molecule has 1 saturated heterocycles. The Morgan fingerprint density at radius 3 is 3.09 bits per heavy atom. The lowest BCUT2D eigenvalue weighted by atomic mass is 9.98. The quantitative estimate of drug-likeness (QED) is 0.503. The van der Waals surface area contributed by atoms with Crippen LogP contribution in [0, 0.1) is 5.92 Å². The van der Waals surface area contributed by atoms with E-state index >= 15 is 0 Å². The molecule has 1 N–H and O–H groups in total. The highest BCUT2D eigenvalue weighted by Gasteiger charge is 2.47. The van der Waals surface area contributed by atoms with Crippen LogP contribution in [0.3, 0.4) is 0 Å². The van der Waals surface area contributed by atoms with Crippen LogP contribution in [-0.4, -0.2) is 39.5 Å². The van der Waals surface area contributed by atoms with Gasteiger partial charge in [0.05, 0.1) is 17.1 Å². The normalized spacial score (nSPS) is 26.6. The van der Waals surface area contributed by atoms with Crippen LogP contribution in [0.25, 0.3) is 11.0 Å². The molecular formula is C17H20N3O2P. The molecule has 5 nitrogen and oxygen atoms in total. The van der Waals surface area contributed by atoms with Gasteiger partial charge >= 0.3 is 0 Å². The van der Waals surface area contributed by atoms with Gasteiger partial charge < -0.3 is 9.88 Å². The highest BCUT2D eigenvalue weighted by Crippen LogP contribution is 2.48. The number of hydrogen-bond donors (Lipinski definition) is 1. The number of piperidine rings is 1. The van der Waals surface area contributed by atoms with Crippen molar-refractivity contribution < 1.29 is 9.59 Å². The summed E-state index contributed by atoms with van der Waals surface area (Å²) >= 11 is 0. The predicted molar refractivity (Wildman–Crippen MR) is 91.5 cm³/mol. The lowest BCUT2D eigenvalue weighted by Gasteiger charge is -2.30. The van der Waals surface area contributed by atoms with E-state index in [4.69, 9.17) is 4.98 Å². The van der Waals surface area contributed by atoms with E-state index in [-0.39, 0.29) is 6.04 Å². The molecule has 4 rings (SSSR count). The molecule has 2 bridgehead atoms. The first-order valence-corrected chi connectivity index (χ1v) is 9.47. The number of amides is 1. The van der Waals surface area contributed by atoms with E-state index in [0.29, 0.717) is 20.5 Å². The highest BCUT2D eigenvalue weighted by atomic mass is 31.1. The number of H-pyrrole nitrogens is 1. The molecule has 2 heterocycles. The first kappa shape index (κ1) is 14.8. The zero-order valence-corrected chi connectivity index (χ0v) is 13.9. The number of aromatic amines is 1. The molecule has 2 fully saturated rings. The number of carbonyl (C=O) groups is 2. The number of likely N-dealkylation sites (tertiary alicyclic amines) is 1. The first-order valence-electron chi connectivity index (χ1n) is 8.18. The smallest absolute Gasteiger partial charge is 0.210 e. The van der Waals surface area contributed by atoms with Crippen molar-refractivity contribution in [3.63, 3.8) is 0 Å². The van der Waals surface area contributed by atoms with Crippen molar-refractivity contribution >= 4 is 32.1 Å². The molecule has 6 heteroatoms.